The number of ether oxygens (including phenoxy) is 1. The van der Waals surface area contributed by atoms with Gasteiger partial charge in [-0.1, -0.05) is 30.3 Å². The second kappa shape index (κ2) is 8.61. The summed E-state index contributed by atoms with van der Waals surface area (Å²) in [5.41, 5.74) is 0.885. The molecular formula is C22H35N3O2. The Labute approximate surface area is 164 Å². The van der Waals surface area contributed by atoms with Gasteiger partial charge >= 0.3 is 6.09 Å². The van der Waals surface area contributed by atoms with E-state index in [0.29, 0.717) is 12.1 Å². The molecule has 2 heterocycles. The lowest BCUT2D eigenvalue weighted by atomic mass is 10.0. The molecule has 27 heavy (non-hydrogen) atoms. The number of carbonyl (C=O) groups is 1. The van der Waals surface area contributed by atoms with Crippen LogP contribution in [0.1, 0.15) is 46.1 Å². The number of rotatable bonds is 4. The van der Waals surface area contributed by atoms with Gasteiger partial charge in [-0.15, -0.1) is 0 Å². The Morgan fingerprint density at radius 1 is 1.11 bits per heavy atom. The number of likely N-dealkylation sites (tertiary alicyclic amines) is 1. The molecule has 2 aliphatic rings. The van der Waals surface area contributed by atoms with Crippen LogP contribution in [0.4, 0.5) is 4.79 Å². The van der Waals surface area contributed by atoms with Crippen LogP contribution >= 0.6 is 0 Å². The summed E-state index contributed by atoms with van der Waals surface area (Å²) in [5.74, 6) is 0. The predicted octanol–water partition coefficient (Wildman–Crippen LogP) is 3.59. The molecule has 0 unspecified atom stereocenters. The Kier molecular flexibility index (Phi) is 6.43. The molecule has 2 aliphatic heterocycles. The van der Waals surface area contributed by atoms with Gasteiger partial charge in [-0.3, -0.25) is 9.80 Å². The van der Waals surface area contributed by atoms with Gasteiger partial charge in [0, 0.05) is 38.3 Å². The van der Waals surface area contributed by atoms with E-state index in [4.69, 9.17) is 4.74 Å². The second-order valence-corrected chi connectivity index (χ2v) is 8.93. The van der Waals surface area contributed by atoms with Crippen LogP contribution in [-0.2, 0) is 11.3 Å². The molecule has 2 saturated heterocycles. The number of piperazine rings is 1. The maximum atomic E-state index is 12.6. The molecule has 2 fully saturated rings. The first-order valence-electron chi connectivity index (χ1n) is 10.3. The van der Waals surface area contributed by atoms with Gasteiger partial charge < -0.3 is 9.64 Å². The standard InChI is InChI=1S/C22H35N3O2/c1-18(23-12-8-9-13-23)20-17-25(21(26)27-22(2,3)4)15-14-24(20)16-19-10-6-5-7-11-19/h5-7,10-11,18,20H,8-9,12-17H2,1-4H3/t18-,20-/m1/s1. The van der Waals surface area contributed by atoms with Gasteiger partial charge in [-0.05, 0) is 59.2 Å². The number of hydrogen-bond donors (Lipinski definition) is 0. The van der Waals surface area contributed by atoms with Crippen molar-refractivity contribution in [3.8, 4) is 0 Å². The molecule has 2 atom stereocenters. The quantitative estimate of drug-likeness (QED) is 0.808. The zero-order chi connectivity index (χ0) is 19.4. The van der Waals surface area contributed by atoms with Crippen LogP contribution in [0, 0.1) is 0 Å². The highest BCUT2D eigenvalue weighted by atomic mass is 16.6. The number of nitrogens with zero attached hydrogens (tertiary/aromatic N) is 3. The Hall–Kier alpha value is -1.59. The Bertz CT molecular complexity index is 608. The Balaban J connectivity index is 1.72. The lowest BCUT2D eigenvalue weighted by Gasteiger charge is -2.46. The number of benzene rings is 1. The molecule has 0 N–H and O–H groups in total. The van der Waals surface area contributed by atoms with E-state index in [2.05, 4.69) is 47.1 Å². The van der Waals surface area contributed by atoms with Crippen LogP contribution in [0.25, 0.3) is 0 Å². The van der Waals surface area contributed by atoms with Gasteiger partial charge in [0.2, 0.25) is 0 Å². The summed E-state index contributed by atoms with van der Waals surface area (Å²) < 4.78 is 5.64. The largest absolute Gasteiger partial charge is 0.444 e. The van der Waals surface area contributed by atoms with Crippen molar-refractivity contribution in [2.24, 2.45) is 0 Å². The third-order valence-electron chi connectivity index (χ3n) is 5.69. The molecule has 0 radical (unpaired) electrons. The van der Waals surface area contributed by atoms with Crippen LogP contribution in [0.5, 0.6) is 0 Å². The van der Waals surface area contributed by atoms with E-state index in [0.717, 1.165) is 26.2 Å². The van der Waals surface area contributed by atoms with E-state index < -0.39 is 5.60 Å². The smallest absolute Gasteiger partial charge is 0.410 e. The van der Waals surface area contributed by atoms with E-state index in [9.17, 15) is 4.79 Å². The third-order valence-corrected chi connectivity index (χ3v) is 5.69. The first-order chi connectivity index (χ1) is 12.8. The van der Waals surface area contributed by atoms with Crippen molar-refractivity contribution in [1.82, 2.24) is 14.7 Å². The van der Waals surface area contributed by atoms with Crippen LogP contribution in [0.15, 0.2) is 30.3 Å². The molecule has 1 amide bonds. The summed E-state index contributed by atoms with van der Waals surface area (Å²) in [5, 5.41) is 0. The first kappa shape index (κ1) is 20.2. The minimum atomic E-state index is -0.450. The molecule has 0 aromatic heterocycles. The molecule has 150 valence electrons. The summed E-state index contributed by atoms with van der Waals surface area (Å²) in [7, 11) is 0. The normalized spacial score (nSPS) is 23.4. The summed E-state index contributed by atoms with van der Waals surface area (Å²) in [4.78, 5) is 19.7. The van der Waals surface area contributed by atoms with E-state index >= 15 is 0 Å². The van der Waals surface area contributed by atoms with E-state index in [-0.39, 0.29) is 6.09 Å². The topological polar surface area (TPSA) is 36.0 Å². The second-order valence-electron chi connectivity index (χ2n) is 8.93. The third kappa shape index (κ3) is 5.45. The molecule has 1 aromatic rings. The minimum absolute atomic E-state index is 0.180. The van der Waals surface area contributed by atoms with Crippen molar-refractivity contribution >= 4 is 6.09 Å². The number of hydrogen-bond acceptors (Lipinski definition) is 4. The van der Waals surface area contributed by atoms with Gasteiger partial charge in [-0.25, -0.2) is 4.79 Å². The Morgan fingerprint density at radius 2 is 1.78 bits per heavy atom. The molecule has 3 rings (SSSR count). The van der Waals surface area contributed by atoms with Crippen LogP contribution < -0.4 is 0 Å². The fourth-order valence-corrected chi connectivity index (χ4v) is 4.20. The first-order valence-corrected chi connectivity index (χ1v) is 10.3. The number of carbonyl (C=O) groups excluding carboxylic acids is 1. The monoisotopic (exact) mass is 373 g/mol. The lowest BCUT2D eigenvalue weighted by Crippen LogP contribution is -2.61. The summed E-state index contributed by atoms with van der Waals surface area (Å²) >= 11 is 0. The van der Waals surface area contributed by atoms with Gasteiger partial charge in [0.25, 0.3) is 0 Å². The highest BCUT2D eigenvalue weighted by Crippen LogP contribution is 2.23. The molecule has 0 bridgehead atoms. The fraction of sp³-hybridized carbons (Fsp3) is 0.682. The van der Waals surface area contributed by atoms with E-state index in [1.807, 2.05) is 25.7 Å². The van der Waals surface area contributed by atoms with Gasteiger partial charge in [0.05, 0.1) is 0 Å². The van der Waals surface area contributed by atoms with Crippen molar-refractivity contribution in [2.45, 2.75) is 64.8 Å². The van der Waals surface area contributed by atoms with Crippen molar-refractivity contribution < 1.29 is 9.53 Å². The fourth-order valence-electron chi connectivity index (χ4n) is 4.20. The zero-order valence-electron chi connectivity index (χ0n) is 17.4. The van der Waals surface area contributed by atoms with Crippen LogP contribution in [0.2, 0.25) is 0 Å². The van der Waals surface area contributed by atoms with Gasteiger partial charge in [0.1, 0.15) is 5.60 Å². The molecule has 0 saturated carbocycles. The maximum absolute atomic E-state index is 12.6. The van der Waals surface area contributed by atoms with Crippen molar-refractivity contribution in [3.63, 3.8) is 0 Å². The highest BCUT2D eigenvalue weighted by Gasteiger charge is 2.37. The molecule has 0 spiro atoms. The summed E-state index contributed by atoms with van der Waals surface area (Å²) in [6.07, 6.45) is 2.39. The van der Waals surface area contributed by atoms with Gasteiger partial charge in [-0.2, -0.15) is 0 Å². The highest BCUT2D eigenvalue weighted by molar-refractivity contribution is 5.68. The van der Waals surface area contributed by atoms with E-state index in [1.165, 1.54) is 31.5 Å². The summed E-state index contributed by atoms with van der Waals surface area (Å²) in [6.45, 7) is 13.7. The molecule has 5 nitrogen and oxygen atoms in total. The van der Waals surface area contributed by atoms with Crippen molar-refractivity contribution in [3.05, 3.63) is 35.9 Å². The average Bonchev–Trinajstić information content (AvgIpc) is 3.15. The van der Waals surface area contributed by atoms with E-state index in [1.54, 1.807) is 0 Å². The Morgan fingerprint density at radius 3 is 2.41 bits per heavy atom. The summed E-state index contributed by atoms with van der Waals surface area (Å²) in [6, 6.07) is 11.4. The van der Waals surface area contributed by atoms with Crippen molar-refractivity contribution in [1.29, 1.82) is 0 Å². The molecule has 1 aromatic carbocycles. The molecular weight excluding hydrogens is 338 g/mol. The van der Waals surface area contributed by atoms with Crippen LogP contribution in [-0.4, -0.2) is 71.2 Å². The molecule has 0 aliphatic carbocycles. The average molecular weight is 374 g/mol. The minimum Gasteiger partial charge on any atom is -0.444 e. The number of amides is 1. The van der Waals surface area contributed by atoms with Crippen LogP contribution in [0.3, 0.4) is 0 Å². The zero-order valence-corrected chi connectivity index (χ0v) is 17.4. The lowest BCUT2D eigenvalue weighted by molar-refractivity contribution is -0.0114. The predicted molar refractivity (Wildman–Crippen MR) is 109 cm³/mol. The SMILES string of the molecule is C[C@H]([C@H]1CN(C(=O)OC(C)(C)C)CCN1Cc1ccccc1)N1CCCC1. The maximum Gasteiger partial charge on any atom is 0.410 e. The van der Waals surface area contributed by atoms with Crippen molar-refractivity contribution in [2.75, 3.05) is 32.7 Å². The molecule has 5 heteroatoms. The van der Waals surface area contributed by atoms with Gasteiger partial charge in [0.15, 0.2) is 0 Å².